The van der Waals surface area contributed by atoms with Crippen LogP contribution in [0.4, 0.5) is 0 Å². The van der Waals surface area contributed by atoms with Crippen LogP contribution in [0.1, 0.15) is 17.3 Å². The fourth-order valence-corrected chi connectivity index (χ4v) is 6.37. The van der Waals surface area contributed by atoms with E-state index in [0.717, 1.165) is 18.7 Å². The smallest absolute Gasteiger partial charge is 0.243 e. The SMILES string of the molecule is O=C(CN1CCn2cccc2C1c1ccccc1)N1CCN(S(=O)(=O)c2ccc(Cl)cc2)CC1. The van der Waals surface area contributed by atoms with E-state index in [1.807, 2.05) is 18.2 Å². The lowest BCUT2D eigenvalue weighted by atomic mass is 10.00. The van der Waals surface area contributed by atoms with Gasteiger partial charge < -0.3 is 9.47 Å². The number of amides is 1. The molecule has 0 spiro atoms. The third kappa shape index (κ3) is 4.51. The molecule has 2 aromatic carbocycles. The average molecular weight is 499 g/mol. The molecular formula is C25H27ClN4O3S. The highest BCUT2D eigenvalue weighted by atomic mass is 35.5. The van der Waals surface area contributed by atoms with Crippen molar-refractivity contribution in [3.05, 3.63) is 89.2 Å². The quantitative estimate of drug-likeness (QED) is 0.542. The molecule has 0 N–H and O–H groups in total. The van der Waals surface area contributed by atoms with Gasteiger partial charge in [0.1, 0.15) is 0 Å². The van der Waals surface area contributed by atoms with Crippen LogP contribution in [-0.4, -0.2) is 72.3 Å². The zero-order valence-electron chi connectivity index (χ0n) is 18.8. The maximum atomic E-state index is 13.3. The Morgan fingerprint density at radius 3 is 2.26 bits per heavy atom. The lowest BCUT2D eigenvalue weighted by molar-refractivity contribution is -0.134. The third-order valence-electron chi connectivity index (χ3n) is 6.63. The van der Waals surface area contributed by atoms with Gasteiger partial charge in [-0.3, -0.25) is 9.69 Å². The van der Waals surface area contributed by atoms with Crippen molar-refractivity contribution in [2.75, 3.05) is 39.3 Å². The van der Waals surface area contributed by atoms with Gasteiger partial charge >= 0.3 is 0 Å². The van der Waals surface area contributed by atoms with Gasteiger partial charge in [-0.15, -0.1) is 0 Å². The van der Waals surface area contributed by atoms with Gasteiger partial charge in [-0.25, -0.2) is 8.42 Å². The Morgan fingerprint density at radius 2 is 1.56 bits per heavy atom. The molecule has 7 nitrogen and oxygen atoms in total. The fraction of sp³-hybridized carbons (Fsp3) is 0.320. The number of sulfonamides is 1. The number of piperazine rings is 1. The van der Waals surface area contributed by atoms with E-state index in [4.69, 9.17) is 11.6 Å². The minimum Gasteiger partial charge on any atom is -0.348 e. The van der Waals surface area contributed by atoms with Crippen LogP contribution in [0.15, 0.2) is 77.8 Å². The molecule has 1 saturated heterocycles. The van der Waals surface area contributed by atoms with Crippen LogP contribution in [-0.2, 0) is 21.4 Å². The average Bonchev–Trinajstić information content (AvgIpc) is 3.34. The molecule has 34 heavy (non-hydrogen) atoms. The van der Waals surface area contributed by atoms with Crippen LogP contribution in [0.2, 0.25) is 5.02 Å². The molecule has 1 atom stereocenters. The van der Waals surface area contributed by atoms with Crippen LogP contribution in [0, 0.1) is 0 Å². The van der Waals surface area contributed by atoms with Crippen LogP contribution in [0.3, 0.4) is 0 Å². The number of carbonyl (C=O) groups is 1. The van der Waals surface area contributed by atoms with Crippen molar-refractivity contribution >= 4 is 27.5 Å². The van der Waals surface area contributed by atoms with Gasteiger partial charge in [0.05, 0.1) is 17.5 Å². The normalized spacial score (nSPS) is 19.7. The third-order valence-corrected chi connectivity index (χ3v) is 8.80. The standard InChI is InChI=1S/C25H27ClN4O3S/c26-21-8-10-22(11-9-21)34(32,33)30-17-15-28(16-18-30)24(31)19-29-14-13-27-12-4-7-23(27)25(29)20-5-2-1-3-6-20/h1-12,25H,13-19H2. The number of hydrogen-bond donors (Lipinski definition) is 0. The first-order chi connectivity index (χ1) is 16.4. The summed E-state index contributed by atoms with van der Waals surface area (Å²) in [6.45, 7) is 3.24. The Morgan fingerprint density at radius 1 is 0.853 bits per heavy atom. The van der Waals surface area contributed by atoms with E-state index < -0.39 is 10.0 Å². The number of halogens is 1. The number of aromatic nitrogens is 1. The molecule has 0 bridgehead atoms. The molecule has 0 saturated carbocycles. The maximum Gasteiger partial charge on any atom is 0.243 e. The minimum atomic E-state index is -3.60. The molecule has 1 unspecified atom stereocenters. The Bertz CT molecular complexity index is 1250. The number of fused-ring (bicyclic) bond motifs is 1. The van der Waals surface area contributed by atoms with E-state index in [1.165, 1.54) is 22.1 Å². The predicted octanol–water partition coefficient (Wildman–Crippen LogP) is 3.08. The zero-order chi connectivity index (χ0) is 23.7. The monoisotopic (exact) mass is 498 g/mol. The fourth-order valence-electron chi connectivity index (χ4n) is 4.83. The molecule has 5 rings (SSSR count). The molecule has 178 valence electrons. The Balaban J connectivity index is 1.26. The second kappa shape index (κ2) is 9.54. The number of rotatable bonds is 5. The van der Waals surface area contributed by atoms with Gasteiger partial charge in [-0.1, -0.05) is 41.9 Å². The van der Waals surface area contributed by atoms with E-state index in [1.54, 1.807) is 17.0 Å². The van der Waals surface area contributed by atoms with Crippen molar-refractivity contribution in [1.82, 2.24) is 18.7 Å². The van der Waals surface area contributed by atoms with E-state index in [-0.39, 0.29) is 29.9 Å². The summed E-state index contributed by atoms with van der Waals surface area (Å²) < 4.78 is 29.6. The van der Waals surface area contributed by atoms with Gasteiger partial charge in [-0.05, 0) is 42.0 Å². The maximum absolute atomic E-state index is 13.3. The van der Waals surface area contributed by atoms with Crippen molar-refractivity contribution in [1.29, 1.82) is 0 Å². The molecule has 3 aromatic rings. The minimum absolute atomic E-state index is 0.0143. The van der Waals surface area contributed by atoms with Crippen molar-refractivity contribution in [2.45, 2.75) is 17.5 Å². The first-order valence-electron chi connectivity index (χ1n) is 11.4. The number of hydrogen-bond acceptors (Lipinski definition) is 4. The molecule has 3 heterocycles. The van der Waals surface area contributed by atoms with Crippen LogP contribution in [0.5, 0.6) is 0 Å². The number of benzene rings is 2. The second-order valence-corrected chi connectivity index (χ2v) is 11.0. The summed E-state index contributed by atoms with van der Waals surface area (Å²) in [5.41, 5.74) is 2.35. The van der Waals surface area contributed by atoms with Gasteiger partial charge in [0, 0.05) is 56.2 Å². The first kappa shape index (κ1) is 23.1. The Kier molecular flexibility index (Phi) is 6.48. The summed E-state index contributed by atoms with van der Waals surface area (Å²) >= 11 is 5.89. The molecule has 2 aliphatic heterocycles. The number of carbonyl (C=O) groups excluding carboxylic acids is 1. The largest absolute Gasteiger partial charge is 0.348 e. The second-order valence-electron chi connectivity index (χ2n) is 8.65. The van der Waals surface area contributed by atoms with Crippen molar-refractivity contribution in [2.24, 2.45) is 0 Å². The molecule has 1 amide bonds. The molecule has 2 aliphatic rings. The molecule has 0 radical (unpaired) electrons. The molecule has 0 aliphatic carbocycles. The van der Waals surface area contributed by atoms with E-state index in [9.17, 15) is 13.2 Å². The van der Waals surface area contributed by atoms with E-state index in [2.05, 4.69) is 39.9 Å². The summed E-state index contributed by atoms with van der Waals surface area (Å²) in [4.78, 5) is 17.5. The van der Waals surface area contributed by atoms with Gasteiger partial charge in [0.25, 0.3) is 0 Å². The summed E-state index contributed by atoms with van der Waals surface area (Å²) in [7, 11) is -3.60. The van der Waals surface area contributed by atoms with E-state index in [0.29, 0.717) is 24.7 Å². The van der Waals surface area contributed by atoms with Gasteiger partial charge in [0.2, 0.25) is 15.9 Å². The van der Waals surface area contributed by atoms with E-state index >= 15 is 0 Å². The Labute approximate surface area is 205 Å². The van der Waals surface area contributed by atoms with Crippen LogP contribution < -0.4 is 0 Å². The van der Waals surface area contributed by atoms with Crippen molar-refractivity contribution in [3.63, 3.8) is 0 Å². The summed E-state index contributed by atoms with van der Waals surface area (Å²) in [5.74, 6) is 0.0319. The van der Waals surface area contributed by atoms with Crippen molar-refractivity contribution < 1.29 is 13.2 Å². The van der Waals surface area contributed by atoms with Crippen molar-refractivity contribution in [3.8, 4) is 0 Å². The highest BCUT2D eigenvalue weighted by Crippen LogP contribution is 2.32. The Hall–Kier alpha value is -2.65. The topological polar surface area (TPSA) is 65.9 Å². The van der Waals surface area contributed by atoms with Crippen LogP contribution >= 0.6 is 11.6 Å². The summed E-state index contributed by atoms with van der Waals surface area (Å²) in [6, 6.07) is 20.6. The highest BCUT2D eigenvalue weighted by Gasteiger charge is 2.34. The molecule has 1 aromatic heterocycles. The predicted molar refractivity (Wildman–Crippen MR) is 131 cm³/mol. The summed E-state index contributed by atoms with van der Waals surface area (Å²) in [5, 5.41) is 0.494. The lowest BCUT2D eigenvalue weighted by Crippen LogP contribution is -2.53. The molecule has 9 heteroatoms. The highest BCUT2D eigenvalue weighted by molar-refractivity contribution is 7.89. The van der Waals surface area contributed by atoms with Gasteiger partial charge in [-0.2, -0.15) is 4.31 Å². The molecular weight excluding hydrogens is 472 g/mol. The van der Waals surface area contributed by atoms with Gasteiger partial charge in [0.15, 0.2) is 0 Å². The lowest BCUT2D eigenvalue weighted by Gasteiger charge is -2.39. The summed E-state index contributed by atoms with van der Waals surface area (Å²) in [6.07, 6.45) is 2.09. The number of nitrogens with zero attached hydrogens (tertiary/aromatic N) is 4. The first-order valence-corrected chi connectivity index (χ1v) is 13.2. The van der Waals surface area contributed by atoms with Crippen LogP contribution in [0.25, 0.3) is 0 Å². The zero-order valence-corrected chi connectivity index (χ0v) is 20.3. The molecule has 1 fully saturated rings.